The second kappa shape index (κ2) is 5.10. The SMILES string of the molecule is CC1CN(c2ccc(C#N)c3ncccc23)CC(C)O1. The largest absolute Gasteiger partial charge is 0.372 e. The number of rotatable bonds is 1. The first kappa shape index (κ1) is 12.9. The number of aromatic nitrogens is 1. The highest BCUT2D eigenvalue weighted by atomic mass is 16.5. The van der Waals surface area contributed by atoms with Crippen molar-refractivity contribution in [1.29, 1.82) is 5.26 Å². The van der Waals surface area contributed by atoms with Crippen LogP contribution in [0.25, 0.3) is 10.9 Å². The number of nitriles is 1. The van der Waals surface area contributed by atoms with Crippen molar-refractivity contribution in [1.82, 2.24) is 4.98 Å². The van der Waals surface area contributed by atoms with Crippen LogP contribution < -0.4 is 4.90 Å². The molecule has 1 aromatic carbocycles. The molecule has 0 bridgehead atoms. The van der Waals surface area contributed by atoms with Crippen LogP contribution >= 0.6 is 0 Å². The summed E-state index contributed by atoms with van der Waals surface area (Å²) in [5, 5.41) is 10.2. The van der Waals surface area contributed by atoms with Gasteiger partial charge >= 0.3 is 0 Å². The fourth-order valence-electron chi connectivity index (χ4n) is 2.90. The molecule has 4 nitrogen and oxygen atoms in total. The number of hydrogen-bond donors (Lipinski definition) is 0. The molecular formula is C16H17N3O. The lowest BCUT2D eigenvalue weighted by Gasteiger charge is -2.37. The molecule has 2 unspecified atom stereocenters. The maximum absolute atomic E-state index is 9.20. The Balaban J connectivity index is 2.11. The molecule has 102 valence electrons. The van der Waals surface area contributed by atoms with Crippen LogP contribution in [0.4, 0.5) is 5.69 Å². The smallest absolute Gasteiger partial charge is 0.101 e. The molecule has 1 aliphatic rings. The van der Waals surface area contributed by atoms with E-state index in [0.717, 1.165) is 29.7 Å². The van der Waals surface area contributed by atoms with E-state index in [1.807, 2.05) is 24.3 Å². The number of hydrogen-bond acceptors (Lipinski definition) is 4. The lowest BCUT2D eigenvalue weighted by atomic mass is 10.1. The maximum atomic E-state index is 9.20. The molecule has 1 fully saturated rings. The first-order valence-corrected chi connectivity index (χ1v) is 6.87. The number of ether oxygens (including phenoxy) is 1. The first-order valence-electron chi connectivity index (χ1n) is 6.87. The maximum Gasteiger partial charge on any atom is 0.101 e. The Hall–Kier alpha value is -2.12. The van der Waals surface area contributed by atoms with Gasteiger partial charge in [0.05, 0.1) is 23.3 Å². The normalized spacial score (nSPS) is 22.8. The number of pyridine rings is 1. The summed E-state index contributed by atoms with van der Waals surface area (Å²) in [5.41, 5.74) is 2.53. The highest BCUT2D eigenvalue weighted by Crippen LogP contribution is 2.30. The van der Waals surface area contributed by atoms with E-state index >= 15 is 0 Å². The van der Waals surface area contributed by atoms with Gasteiger partial charge in [-0.05, 0) is 38.1 Å². The fraction of sp³-hybridized carbons (Fsp3) is 0.375. The summed E-state index contributed by atoms with van der Waals surface area (Å²) in [6, 6.07) is 10.0. The third-order valence-corrected chi connectivity index (χ3v) is 3.63. The Kier molecular flexibility index (Phi) is 3.29. The average Bonchev–Trinajstić information content (AvgIpc) is 2.45. The third-order valence-electron chi connectivity index (χ3n) is 3.63. The minimum absolute atomic E-state index is 0.209. The van der Waals surface area contributed by atoms with Gasteiger partial charge in [-0.25, -0.2) is 0 Å². The van der Waals surface area contributed by atoms with E-state index in [1.54, 1.807) is 6.20 Å². The second-order valence-electron chi connectivity index (χ2n) is 5.31. The van der Waals surface area contributed by atoms with Gasteiger partial charge in [-0.15, -0.1) is 0 Å². The van der Waals surface area contributed by atoms with Gasteiger partial charge in [-0.1, -0.05) is 0 Å². The average molecular weight is 267 g/mol. The summed E-state index contributed by atoms with van der Waals surface area (Å²) < 4.78 is 5.79. The van der Waals surface area contributed by atoms with Gasteiger partial charge in [-0.2, -0.15) is 5.26 Å². The Morgan fingerprint density at radius 1 is 1.25 bits per heavy atom. The minimum Gasteiger partial charge on any atom is -0.372 e. The molecule has 0 aliphatic carbocycles. The van der Waals surface area contributed by atoms with Crippen LogP contribution in [0.15, 0.2) is 30.5 Å². The van der Waals surface area contributed by atoms with E-state index in [9.17, 15) is 5.26 Å². The highest BCUT2D eigenvalue weighted by molar-refractivity contribution is 5.95. The third kappa shape index (κ3) is 2.21. The predicted molar refractivity (Wildman–Crippen MR) is 78.7 cm³/mol. The van der Waals surface area contributed by atoms with Gasteiger partial charge in [0.15, 0.2) is 0 Å². The molecule has 0 amide bonds. The van der Waals surface area contributed by atoms with E-state index in [0.29, 0.717) is 5.56 Å². The second-order valence-corrected chi connectivity index (χ2v) is 5.31. The van der Waals surface area contributed by atoms with Crippen molar-refractivity contribution in [3.8, 4) is 6.07 Å². The number of morpholine rings is 1. The zero-order valence-electron chi connectivity index (χ0n) is 11.7. The minimum atomic E-state index is 0.209. The molecule has 2 heterocycles. The fourth-order valence-corrected chi connectivity index (χ4v) is 2.90. The van der Waals surface area contributed by atoms with E-state index < -0.39 is 0 Å². The predicted octanol–water partition coefficient (Wildman–Crippen LogP) is 2.72. The van der Waals surface area contributed by atoms with Crippen LogP contribution in [-0.2, 0) is 4.74 Å². The van der Waals surface area contributed by atoms with Crippen molar-refractivity contribution in [2.24, 2.45) is 0 Å². The Morgan fingerprint density at radius 2 is 2.00 bits per heavy atom. The highest BCUT2D eigenvalue weighted by Gasteiger charge is 2.24. The summed E-state index contributed by atoms with van der Waals surface area (Å²) in [4.78, 5) is 6.69. The molecule has 1 saturated heterocycles. The van der Waals surface area contributed by atoms with Crippen LogP contribution in [0, 0.1) is 11.3 Å². The molecule has 2 atom stereocenters. The molecule has 0 N–H and O–H groups in total. The van der Waals surface area contributed by atoms with E-state index in [4.69, 9.17) is 4.74 Å². The zero-order valence-corrected chi connectivity index (χ0v) is 11.7. The Labute approximate surface area is 118 Å². The molecule has 3 rings (SSSR count). The van der Waals surface area contributed by atoms with Crippen molar-refractivity contribution in [3.63, 3.8) is 0 Å². The van der Waals surface area contributed by atoms with Gasteiger partial charge in [0.1, 0.15) is 6.07 Å². The summed E-state index contributed by atoms with van der Waals surface area (Å²) in [6.07, 6.45) is 2.15. The number of benzene rings is 1. The molecule has 1 aromatic heterocycles. The topological polar surface area (TPSA) is 49.2 Å². The quantitative estimate of drug-likeness (QED) is 0.797. The molecule has 0 spiro atoms. The Bertz CT molecular complexity index is 667. The van der Waals surface area contributed by atoms with Crippen LogP contribution in [0.2, 0.25) is 0 Å². The monoisotopic (exact) mass is 267 g/mol. The molecule has 2 aromatic rings. The molecule has 0 saturated carbocycles. The molecular weight excluding hydrogens is 250 g/mol. The van der Waals surface area contributed by atoms with Crippen molar-refractivity contribution >= 4 is 16.6 Å². The molecule has 4 heteroatoms. The summed E-state index contributed by atoms with van der Waals surface area (Å²) in [7, 11) is 0. The van der Waals surface area contributed by atoms with Gasteiger partial charge in [-0.3, -0.25) is 4.98 Å². The van der Waals surface area contributed by atoms with Gasteiger partial charge in [0.25, 0.3) is 0 Å². The van der Waals surface area contributed by atoms with Crippen molar-refractivity contribution in [3.05, 3.63) is 36.0 Å². The molecule has 0 radical (unpaired) electrons. The Morgan fingerprint density at radius 3 is 2.70 bits per heavy atom. The van der Waals surface area contributed by atoms with Gasteiger partial charge in [0.2, 0.25) is 0 Å². The van der Waals surface area contributed by atoms with Crippen molar-refractivity contribution in [2.45, 2.75) is 26.1 Å². The first-order chi connectivity index (χ1) is 9.69. The number of anilines is 1. The lowest BCUT2D eigenvalue weighted by Crippen LogP contribution is -2.45. The molecule has 20 heavy (non-hydrogen) atoms. The van der Waals surface area contributed by atoms with Crippen LogP contribution in [-0.4, -0.2) is 30.3 Å². The van der Waals surface area contributed by atoms with E-state index in [-0.39, 0.29) is 12.2 Å². The van der Waals surface area contributed by atoms with Crippen LogP contribution in [0.5, 0.6) is 0 Å². The van der Waals surface area contributed by atoms with E-state index in [1.165, 1.54) is 0 Å². The van der Waals surface area contributed by atoms with Crippen LogP contribution in [0.3, 0.4) is 0 Å². The molecule has 1 aliphatic heterocycles. The summed E-state index contributed by atoms with van der Waals surface area (Å²) >= 11 is 0. The van der Waals surface area contributed by atoms with Crippen LogP contribution in [0.1, 0.15) is 19.4 Å². The number of fused-ring (bicyclic) bond motifs is 1. The zero-order chi connectivity index (χ0) is 14.1. The summed E-state index contributed by atoms with van der Waals surface area (Å²) in [5.74, 6) is 0. The van der Waals surface area contributed by atoms with Gasteiger partial charge in [0, 0.05) is 30.4 Å². The van der Waals surface area contributed by atoms with Crippen molar-refractivity contribution in [2.75, 3.05) is 18.0 Å². The lowest BCUT2D eigenvalue weighted by molar-refractivity contribution is -0.00513. The van der Waals surface area contributed by atoms with Gasteiger partial charge < -0.3 is 9.64 Å². The number of nitrogens with zero attached hydrogens (tertiary/aromatic N) is 3. The van der Waals surface area contributed by atoms with E-state index in [2.05, 4.69) is 29.8 Å². The standard InChI is InChI=1S/C16H17N3O/c1-11-9-19(10-12(2)20-11)15-6-5-13(8-17)16-14(15)4-3-7-18-16/h3-7,11-12H,9-10H2,1-2H3. The van der Waals surface area contributed by atoms with Crippen molar-refractivity contribution < 1.29 is 4.74 Å². The summed E-state index contributed by atoms with van der Waals surface area (Å²) in [6.45, 7) is 5.90.